The summed E-state index contributed by atoms with van der Waals surface area (Å²) in [7, 11) is 1.35. The molecule has 4 N–H and O–H groups in total. The smallest absolute Gasteiger partial charge is 0.408 e. The number of carbonyl (C=O) groups excluding carboxylic acids is 3. The van der Waals surface area contributed by atoms with Gasteiger partial charge in [-0.05, 0) is 64.8 Å². The maximum Gasteiger partial charge on any atom is 0.408 e. The molecule has 10 heteroatoms. The summed E-state index contributed by atoms with van der Waals surface area (Å²) in [5.41, 5.74) is 0.0402. The lowest BCUT2D eigenvalue weighted by Crippen LogP contribution is -2.45. The van der Waals surface area contributed by atoms with Crippen LogP contribution >= 0.6 is 0 Å². The second-order valence-electron chi connectivity index (χ2n) is 9.37. The molecule has 37 heavy (non-hydrogen) atoms. The first-order chi connectivity index (χ1) is 17.5. The number of benzene rings is 2. The van der Waals surface area contributed by atoms with E-state index in [0.717, 1.165) is 0 Å². The lowest BCUT2D eigenvalue weighted by atomic mass is 10.1. The molecule has 0 aliphatic rings. The molecular weight excluding hydrogens is 478 g/mol. The predicted molar refractivity (Wildman–Crippen MR) is 139 cm³/mol. The minimum atomic E-state index is -1.20. The van der Waals surface area contributed by atoms with Crippen LogP contribution in [0.25, 0.3) is 0 Å². The number of carbonyl (C=O) groups is 4. The van der Waals surface area contributed by atoms with Gasteiger partial charge in [0, 0.05) is 11.3 Å². The van der Waals surface area contributed by atoms with Gasteiger partial charge >= 0.3 is 12.1 Å². The minimum absolute atomic E-state index is 0.00957. The Morgan fingerprint density at radius 2 is 1.70 bits per heavy atom. The molecule has 0 unspecified atom stereocenters. The zero-order valence-electron chi connectivity index (χ0n) is 21.6. The van der Waals surface area contributed by atoms with E-state index < -0.39 is 29.6 Å². The Hall–Kier alpha value is -3.92. The van der Waals surface area contributed by atoms with Gasteiger partial charge in [0.15, 0.2) is 5.78 Å². The van der Waals surface area contributed by atoms with E-state index in [2.05, 4.69) is 16.0 Å². The molecule has 0 heterocycles. The molecular formula is C27H35N3O7. The average Bonchev–Trinajstić information content (AvgIpc) is 2.84. The number of anilines is 1. The van der Waals surface area contributed by atoms with Crippen LogP contribution in [0.4, 0.5) is 10.5 Å². The number of carboxylic acid groups (broad SMARTS) is 1. The maximum absolute atomic E-state index is 13.0. The van der Waals surface area contributed by atoms with Gasteiger partial charge < -0.3 is 30.5 Å². The van der Waals surface area contributed by atoms with Crippen molar-refractivity contribution in [2.45, 2.75) is 51.7 Å². The van der Waals surface area contributed by atoms with Crippen molar-refractivity contribution in [2.75, 3.05) is 25.5 Å². The van der Waals surface area contributed by atoms with Gasteiger partial charge in [0.25, 0.3) is 0 Å². The van der Waals surface area contributed by atoms with E-state index >= 15 is 0 Å². The number of aromatic carboxylic acids is 1. The van der Waals surface area contributed by atoms with Crippen molar-refractivity contribution >= 4 is 29.4 Å². The molecule has 0 fully saturated rings. The monoisotopic (exact) mass is 513 g/mol. The molecule has 0 aromatic heterocycles. The number of alkyl carbamates (subject to hydrolysis) is 1. The topological polar surface area (TPSA) is 143 Å². The number of hydrogen-bond acceptors (Lipinski definition) is 7. The van der Waals surface area contributed by atoms with E-state index in [4.69, 9.17) is 9.47 Å². The van der Waals surface area contributed by atoms with Crippen LogP contribution in [0.1, 0.15) is 60.7 Å². The summed E-state index contributed by atoms with van der Waals surface area (Å²) in [4.78, 5) is 49.0. The van der Waals surface area contributed by atoms with E-state index in [0.29, 0.717) is 31.4 Å². The van der Waals surface area contributed by atoms with Crippen LogP contribution in [0.5, 0.6) is 5.75 Å². The van der Waals surface area contributed by atoms with Crippen LogP contribution in [-0.4, -0.2) is 60.7 Å². The maximum atomic E-state index is 13.0. The molecule has 2 amide bonds. The summed E-state index contributed by atoms with van der Waals surface area (Å²) in [5, 5.41) is 17.7. The van der Waals surface area contributed by atoms with Gasteiger partial charge in [0.05, 0.1) is 13.7 Å². The molecule has 0 bridgehead atoms. The number of ether oxygens (including phenoxy) is 2. The molecule has 1 atom stereocenters. The number of ketones is 1. The van der Waals surface area contributed by atoms with Crippen LogP contribution in [0, 0.1) is 0 Å². The summed E-state index contributed by atoms with van der Waals surface area (Å²) in [5.74, 6) is -1.56. The standard InChI is InChI=1S/C27H35N3O7/c1-27(2,3)37-26(35)30-21(12-8-9-15-28-17-22(31)18-10-6-5-7-11-18)24(32)29-19-13-14-23(36-4)20(16-19)25(33)34/h5-7,10-11,13-14,16,21,28H,8-9,12,15,17H2,1-4H3,(H,29,32)(H,30,35)(H,33,34)/t21-/m0/s1. The molecule has 0 radical (unpaired) electrons. The highest BCUT2D eigenvalue weighted by Gasteiger charge is 2.25. The third-order valence-corrected chi connectivity index (χ3v) is 5.18. The van der Waals surface area contributed by atoms with E-state index in [9.17, 15) is 24.3 Å². The Morgan fingerprint density at radius 3 is 2.32 bits per heavy atom. The van der Waals surface area contributed by atoms with Crippen molar-refractivity contribution in [3.05, 3.63) is 59.7 Å². The molecule has 0 saturated heterocycles. The molecule has 0 spiro atoms. The Kier molecular flexibility index (Phi) is 11.1. The zero-order chi connectivity index (χ0) is 27.4. The number of nitrogens with one attached hydrogen (secondary N) is 3. The van der Waals surface area contributed by atoms with Crippen molar-refractivity contribution in [2.24, 2.45) is 0 Å². The molecule has 200 valence electrons. The van der Waals surface area contributed by atoms with E-state index in [1.165, 1.54) is 25.3 Å². The van der Waals surface area contributed by atoms with E-state index in [1.807, 2.05) is 18.2 Å². The lowest BCUT2D eigenvalue weighted by Gasteiger charge is -2.23. The minimum Gasteiger partial charge on any atom is -0.496 e. The molecule has 0 aliphatic carbocycles. The van der Waals surface area contributed by atoms with Gasteiger partial charge in [0.2, 0.25) is 5.91 Å². The van der Waals surface area contributed by atoms with Gasteiger partial charge in [-0.1, -0.05) is 30.3 Å². The second-order valence-corrected chi connectivity index (χ2v) is 9.37. The molecule has 2 aromatic rings. The molecule has 2 aromatic carbocycles. The largest absolute Gasteiger partial charge is 0.496 e. The van der Waals surface area contributed by atoms with Gasteiger partial charge in [0.1, 0.15) is 23.0 Å². The molecule has 0 aliphatic heterocycles. The highest BCUT2D eigenvalue weighted by Crippen LogP contribution is 2.23. The number of carboxylic acids is 1. The first-order valence-electron chi connectivity index (χ1n) is 12.0. The van der Waals surface area contributed by atoms with E-state index in [1.54, 1.807) is 32.9 Å². The Balaban J connectivity index is 1.95. The van der Waals surface area contributed by atoms with Crippen molar-refractivity contribution in [3.63, 3.8) is 0 Å². The fraction of sp³-hybridized carbons (Fsp3) is 0.407. The SMILES string of the molecule is COc1ccc(NC(=O)[C@H](CCCCNCC(=O)c2ccccc2)NC(=O)OC(C)(C)C)cc1C(=O)O. The third kappa shape index (κ3) is 10.3. The normalized spacial score (nSPS) is 11.8. The van der Waals surface area contributed by atoms with Crippen molar-refractivity contribution < 1.29 is 33.8 Å². The van der Waals surface area contributed by atoms with Gasteiger partial charge in [-0.15, -0.1) is 0 Å². The van der Waals surface area contributed by atoms with Crippen LogP contribution in [0.3, 0.4) is 0 Å². The third-order valence-electron chi connectivity index (χ3n) is 5.18. The summed E-state index contributed by atoms with van der Waals surface area (Å²) in [6, 6.07) is 12.3. The molecule has 2 rings (SSSR count). The number of unbranched alkanes of at least 4 members (excludes halogenated alkanes) is 1. The summed E-state index contributed by atoms with van der Waals surface area (Å²) in [6.45, 7) is 5.91. The van der Waals surface area contributed by atoms with Crippen LogP contribution in [0.2, 0.25) is 0 Å². The summed E-state index contributed by atoms with van der Waals surface area (Å²) < 4.78 is 10.3. The Labute approximate surface area is 216 Å². The number of hydrogen-bond donors (Lipinski definition) is 4. The second kappa shape index (κ2) is 14.0. The fourth-order valence-electron chi connectivity index (χ4n) is 3.43. The number of amides is 2. The quantitative estimate of drug-likeness (QED) is 0.234. The van der Waals surface area contributed by atoms with Crippen LogP contribution < -0.4 is 20.7 Å². The zero-order valence-corrected chi connectivity index (χ0v) is 21.6. The first kappa shape index (κ1) is 29.3. The van der Waals surface area contributed by atoms with Crippen molar-refractivity contribution in [3.8, 4) is 5.75 Å². The highest BCUT2D eigenvalue weighted by atomic mass is 16.6. The van der Waals surface area contributed by atoms with Gasteiger partial charge in [-0.2, -0.15) is 0 Å². The van der Waals surface area contributed by atoms with Crippen LogP contribution in [0.15, 0.2) is 48.5 Å². The predicted octanol–water partition coefficient (Wildman–Crippen LogP) is 3.87. The van der Waals surface area contributed by atoms with E-state index in [-0.39, 0.29) is 29.3 Å². The van der Waals surface area contributed by atoms with Gasteiger partial charge in [-0.3, -0.25) is 9.59 Å². The number of rotatable bonds is 13. The van der Waals surface area contributed by atoms with Crippen molar-refractivity contribution in [1.82, 2.24) is 10.6 Å². The molecule has 0 saturated carbocycles. The van der Waals surface area contributed by atoms with Crippen LogP contribution in [-0.2, 0) is 9.53 Å². The van der Waals surface area contributed by atoms with Gasteiger partial charge in [-0.25, -0.2) is 9.59 Å². The summed E-state index contributed by atoms with van der Waals surface area (Å²) in [6.07, 6.45) is 0.804. The fourth-order valence-corrected chi connectivity index (χ4v) is 3.43. The average molecular weight is 514 g/mol. The Morgan fingerprint density at radius 1 is 1.00 bits per heavy atom. The Bertz CT molecular complexity index is 1080. The first-order valence-corrected chi connectivity index (χ1v) is 12.0. The number of Topliss-reactive ketones (excluding diaryl/α,β-unsaturated/α-hetero) is 1. The highest BCUT2D eigenvalue weighted by molar-refractivity contribution is 5.99. The number of methoxy groups -OCH3 is 1. The lowest BCUT2D eigenvalue weighted by molar-refractivity contribution is -0.118. The molecule has 10 nitrogen and oxygen atoms in total. The van der Waals surface area contributed by atoms with Crippen molar-refractivity contribution in [1.29, 1.82) is 0 Å². The summed E-state index contributed by atoms with van der Waals surface area (Å²) >= 11 is 0.